The molecule has 6 heteroatoms. The van der Waals surface area contributed by atoms with E-state index in [0.29, 0.717) is 12.1 Å². The van der Waals surface area contributed by atoms with Gasteiger partial charge in [-0.15, -0.1) is 0 Å². The Morgan fingerprint density at radius 2 is 2.04 bits per heavy atom. The molecule has 1 atom stereocenters. The maximum absolute atomic E-state index is 13.1. The highest BCUT2D eigenvalue weighted by atomic mass is 16.2. The Balaban J connectivity index is 1.56. The summed E-state index contributed by atoms with van der Waals surface area (Å²) in [6.07, 6.45) is 5.81. The first kappa shape index (κ1) is 18.5. The van der Waals surface area contributed by atoms with Gasteiger partial charge in [-0.3, -0.25) is 14.6 Å². The summed E-state index contributed by atoms with van der Waals surface area (Å²) < 4.78 is 1.83. The quantitative estimate of drug-likeness (QED) is 0.749. The van der Waals surface area contributed by atoms with E-state index in [9.17, 15) is 4.79 Å². The van der Waals surface area contributed by atoms with Gasteiger partial charge in [-0.2, -0.15) is 10.2 Å². The van der Waals surface area contributed by atoms with Gasteiger partial charge in [-0.1, -0.05) is 29.8 Å². The zero-order chi connectivity index (χ0) is 19.7. The maximum Gasteiger partial charge on any atom is 0.257 e. The molecule has 1 aliphatic heterocycles. The van der Waals surface area contributed by atoms with Crippen molar-refractivity contribution >= 4 is 5.91 Å². The van der Waals surface area contributed by atoms with Gasteiger partial charge in [-0.25, -0.2) is 0 Å². The highest BCUT2D eigenvalue weighted by Gasteiger charge is 2.29. The van der Waals surface area contributed by atoms with Crippen LogP contribution in [0.1, 0.15) is 53.0 Å². The summed E-state index contributed by atoms with van der Waals surface area (Å²) in [5, 5.41) is 11.9. The summed E-state index contributed by atoms with van der Waals surface area (Å²) in [4.78, 5) is 15.1. The average Bonchev–Trinajstić information content (AvgIpc) is 3.35. The minimum atomic E-state index is 0.0818. The lowest BCUT2D eigenvalue weighted by Gasteiger charge is -2.32. The lowest BCUT2D eigenvalue weighted by Crippen LogP contribution is -2.39. The monoisotopic (exact) mass is 377 g/mol. The molecule has 0 saturated carbocycles. The highest BCUT2D eigenvalue weighted by molar-refractivity contribution is 5.95. The Kier molecular flexibility index (Phi) is 5.03. The molecule has 146 valence electrons. The third kappa shape index (κ3) is 3.46. The van der Waals surface area contributed by atoms with E-state index in [1.807, 2.05) is 35.8 Å². The van der Waals surface area contributed by atoms with Crippen LogP contribution in [-0.4, -0.2) is 43.9 Å². The number of aromatic nitrogens is 4. The first-order valence-corrected chi connectivity index (χ1v) is 10.0. The third-order valence-corrected chi connectivity index (χ3v) is 5.65. The van der Waals surface area contributed by atoms with Crippen LogP contribution < -0.4 is 0 Å². The van der Waals surface area contributed by atoms with Gasteiger partial charge in [-0.05, 0) is 39.2 Å². The van der Waals surface area contributed by atoms with Crippen LogP contribution in [0, 0.1) is 13.8 Å². The maximum atomic E-state index is 13.1. The molecule has 1 aliphatic rings. The highest BCUT2D eigenvalue weighted by Crippen LogP contribution is 2.33. The van der Waals surface area contributed by atoms with E-state index in [4.69, 9.17) is 0 Å². The molecule has 0 bridgehead atoms. The van der Waals surface area contributed by atoms with E-state index in [-0.39, 0.29) is 11.8 Å². The molecule has 2 aromatic heterocycles. The summed E-state index contributed by atoms with van der Waals surface area (Å²) in [5.74, 6) is 0.344. The van der Waals surface area contributed by atoms with Crippen LogP contribution in [0.15, 0.2) is 36.7 Å². The van der Waals surface area contributed by atoms with Gasteiger partial charge in [0.25, 0.3) is 5.91 Å². The van der Waals surface area contributed by atoms with Crippen molar-refractivity contribution in [2.24, 2.45) is 0 Å². The van der Waals surface area contributed by atoms with E-state index >= 15 is 0 Å². The summed E-state index contributed by atoms with van der Waals surface area (Å²) in [6.45, 7) is 8.29. The number of amides is 1. The fourth-order valence-electron chi connectivity index (χ4n) is 4.03. The number of H-pyrrole nitrogens is 1. The van der Waals surface area contributed by atoms with Crippen molar-refractivity contribution in [2.75, 3.05) is 13.1 Å². The first-order valence-electron chi connectivity index (χ1n) is 10.0. The Morgan fingerprint density at radius 3 is 2.75 bits per heavy atom. The standard InChI is InChI=1S/C22H27N5O/c1-4-27-14-20(16(3)25-27)22(28)26-11-5-6-18(13-26)21-19(12-23-24-21)17-9-7-15(2)8-10-17/h7-10,12,14,18H,4-6,11,13H2,1-3H3,(H,23,24). The normalized spacial score (nSPS) is 17.1. The number of piperidine rings is 1. The topological polar surface area (TPSA) is 66.8 Å². The molecule has 28 heavy (non-hydrogen) atoms. The van der Waals surface area contributed by atoms with Crippen LogP contribution in [0.2, 0.25) is 0 Å². The number of nitrogens with zero attached hydrogens (tertiary/aromatic N) is 4. The second kappa shape index (κ2) is 7.62. The van der Waals surface area contributed by atoms with E-state index in [1.165, 1.54) is 5.56 Å². The van der Waals surface area contributed by atoms with Gasteiger partial charge in [0.2, 0.25) is 0 Å². The number of rotatable bonds is 4. The predicted octanol–water partition coefficient (Wildman–Crippen LogP) is 3.93. The molecule has 3 heterocycles. The van der Waals surface area contributed by atoms with Crippen molar-refractivity contribution in [3.05, 3.63) is 59.2 Å². The Morgan fingerprint density at radius 1 is 1.25 bits per heavy atom. The first-order chi connectivity index (χ1) is 13.6. The van der Waals surface area contributed by atoms with Crippen LogP contribution in [0.4, 0.5) is 0 Å². The second-order valence-electron chi connectivity index (χ2n) is 7.64. The minimum absolute atomic E-state index is 0.0818. The molecule has 0 spiro atoms. The number of hydrogen-bond acceptors (Lipinski definition) is 3. The van der Waals surface area contributed by atoms with Crippen LogP contribution in [0.5, 0.6) is 0 Å². The third-order valence-electron chi connectivity index (χ3n) is 5.65. The van der Waals surface area contributed by atoms with Crippen molar-refractivity contribution < 1.29 is 4.79 Å². The Labute approximate surface area is 165 Å². The molecule has 1 unspecified atom stereocenters. The molecule has 4 rings (SSSR count). The van der Waals surface area contributed by atoms with Crippen molar-refractivity contribution in [2.45, 2.75) is 46.1 Å². The number of nitrogens with one attached hydrogen (secondary N) is 1. The van der Waals surface area contributed by atoms with Crippen LogP contribution in [-0.2, 0) is 6.54 Å². The Bertz CT molecular complexity index is 969. The number of carbonyl (C=O) groups is 1. The fraction of sp³-hybridized carbons (Fsp3) is 0.409. The molecule has 1 N–H and O–H groups in total. The summed E-state index contributed by atoms with van der Waals surface area (Å²) >= 11 is 0. The number of benzene rings is 1. The van der Waals surface area contributed by atoms with E-state index in [1.54, 1.807) is 0 Å². The molecular weight excluding hydrogens is 350 g/mol. The van der Waals surface area contributed by atoms with Gasteiger partial charge < -0.3 is 4.90 Å². The molecular formula is C22H27N5O. The molecule has 1 amide bonds. The van der Waals surface area contributed by atoms with Gasteiger partial charge in [0.15, 0.2) is 0 Å². The van der Waals surface area contributed by atoms with Crippen molar-refractivity contribution in [3.8, 4) is 11.1 Å². The summed E-state index contributed by atoms with van der Waals surface area (Å²) in [7, 11) is 0. The Hall–Kier alpha value is -2.89. The molecule has 0 aliphatic carbocycles. The molecule has 6 nitrogen and oxygen atoms in total. The van der Waals surface area contributed by atoms with Crippen molar-refractivity contribution in [1.29, 1.82) is 0 Å². The average molecular weight is 377 g/mol. The number of aromatic amines is 1. The molecule has 1 aromatic carbocycles. The smallest absolute Gasteiger partial charge is 0.257 e. The van der Waals surface area contributed by atoms with Crippen LogP contribution >= 0.6 is 0 Å². The largest absolute Gasteiger partial charge is 0.338 e. The second-order valence-corrected chi connectivity index (χ2v) is 7.64. The number of likely N-dealkylation sites (tertiary alicyclic amines) is 1. The number of hydrogen-bond donors (Lipinski definition) is 1. The van der Waals surface area contributed by atoms with E-state index < -0.39 is 0 Å². The SMILES string of the molecule is CCn1cc(C(=O)N2CCCC(c3[nH]ncc3-c3ccc(C)cc3)C2)c(C)n1. The van der Waals surface area contributed by atoms with E-state index in [2.05, 4.69) is 46.5 Å². The molecule has 1 saturated heterocycles. The molecule has 3 aromatic rings. The van der Waals surface area contributed by atoms with Gasteiger partial charge >= 0.3 is 0 Å². The number of carbonyl (C=O) groups excluding carboxylic acids is 1. The van der Waals surface area contributed by atoms with Gasteiger partial charge in [0.05, 0.1) is 17.5 Å². The zero-order valence-electron chi connectivity index (χ0n) is 16.8. The summed E-state index contributed by atoms with van der Waals surface area (Å²) in [5.41, 5.74) is 6.18. The lowest BCUT2D eigenvalue weighted by molar-refractivity contribution is 0.0705. The van der Waals surface area contributed by atoms with Crippen molar-refractivity contribution in [1.82, 2.24) is 24.9 Å². The number of aryl methyl sites for hydroxylation is 3. The molecule has 1 fully saturated rings. The molecule has 0 radical (unpaired) electrons. The van der Waals surface area contributed by atoms with Gasteiger partial charge in [0.1, 0.15) is 0 Å². The van der Waals surface area contributed by atoms with Gasteiger partial charge in [0, 0.05) is 43.0 Å². The zero-order valence-corrected chi connectivity index (χ0v) is 16.8. The lowest BCUT2D eigenvalue weighted by atomic mass is 9.90. The summed E-state index contributed by atoms with van der Waals surface area (Å²) in [6, 6.07) is 8.52. The minimum Gasteiger partial charge on any atom is -0.338 e. The van der Waals surface area contributed by atoms with Crippen molar-refractivity contribution in [3.63, 3.8) is 0 Å². The van der Waals surface area contributed by atoms with Crippen LogP contribution in [0.25, 0.3) is 11.1 Å². The van der Waals surface area contributed by atoms with Crippen LogP contribution in [0.3, 0.4) is 0 Å². The van der Waals surface area contributed by atoms with E-state index in [0.717, 1.165) is 48.4 Å². The fourth-order valence-corrected chi connectivity index (χ4v) is 4.03. The predicted molar refractivity (Wildman–Crippen MR) is 109 cm³/mol.